The standard InChI is InChI=1S/C15H29NO/c1-3-16(14-6-4-5-7-14)11-13-10-12(2)8-9-15(13)17/h12-15,17H,3-11H2,1-2H3. The van der Waals surface area contributed by atoms with Gasteiger partial charge in [0, 0.05) is 12.6 Å². The van der Waals surface area contributed by atoms with E-state index < -0.39 is 0 Å². The van der Waals surface area contributed by atoms with Crippen molar-refractivity contribution in [1.29, 1.82) is 0 Å². The predicted octanol–water partition coefficient (Wildman–Crippen LogP) is 3.05. The average Bonchev–Trinajstić information content (AvgIpc) is 2.84. The van der Waals surface area contributed by atoms with E-state index in [0.717, 1.165) is 31.5 Å². The van der Waals surface area contributed by atoms with Crippen LogP contribution in [-0.4, -0.2) is 35.2 Å². The Morgan fingerprint density at radius 1 is 1.12 bits per heavy atom. The Bertz CT molecular complexity index is 225. The highest BCUT2D eigenvalue weighted by molar-refractivity contribution is 4.84. The Morgan fingerprint density at radius 3 is 2.47 bits per heavy atom. The normalized spacial score (nSPS) is 35.6. The first kappa shape index (κ1) is 13.4. The number of hydrogen-bond donors (Lipinski definition) is 1. The van der Waals surface area contributed by atoms with Crippen LogP contribution in [0, 0.1) is 11.8 Å². The Kier molecular flexibility index (Phi) is 4.87. The third-order valence-corrected chi connectivity index (χ3v) is 4.92. The molecule has 2 rings (SSSR count). The smallest absolute Gasteiger partial charge is 0.0580 e. The maximum atomic E-state index is 10.1. The third-order valence-electron chi connectivity index (χ3n) is 4.92. The second-order valence-corrected chi connectivity index (χ2v) is 6.27. The lowest BCUT2D eigenvalue weighted by Gasteiger charge is -2.37. The summed E-state index contributed by atoms with van der Waals surface area (Å²) in [5, 5.41) is 10.1. The number of nitrogens with zero attached hydrogens (tertiary/aromatic N) is 1. The SMILES string of the molecule is CCN(CC1CC(C)CCC1O)C1CCCC1. The van der Waals surface area contributed by atoms with Gasteiger partial charge < -0.3 is 10.0 Å². The van der Waals surface area contributed by atoms with Gasteiger partial charge in [-0.2, -0.15) is 0 Å². The highest BCUT2D eigenvalue weighted by atomic mass is 16.3. The quantitative estimate of drug-likeness (QED) is 0.815. The molecule has 2 nitrogen and oxygen atoms in total. The Balaban J connectivity index is 1.87. The minimum Gasteiger partial charge on any atom is -0.393 e. The van der Waals surface area contributed by atoms with Crippen molar-refractivity contribution in [2.45, 2.75) is 70.9 Å². The van der Waals surface area contributed by atoms with Crippen LogP contribution in [0.5, 0.6) is 0 Å². The van der Waals surface area contributed by atoms with Gasteiger partial charge >= 0.3 is 0 Å². The summed E-state index contributed by atoms with van der Waals surface area (Å²) in [7, 11) is 0. The van der Waals surface area contributed by atoms with E-state index in [0.29, 0.717) is 5.92 Å². The summed E-state index contributed by atoms with van der Waals surface area (Å²) in [6.07, 6.45) is 9.00. The molecule has 0 saturated heterocycles. The van der Waals surface area contributed by atoms with E-state index in [1.807, 2.05) is 0 Å². The molecule has 0 aromatic carbocycles. The van der Waals surface area contributed by atoms with E-state index in [4.69, 9.17) is 0 Å². The van der Waals surface area contributed by atoms with Crippen molar-refractivity contribution in [3.05, 3.63) is 0 Å². The van der Waals surface area contributed by atoms with Crippen LogP contribution in [0.15, 0.2) is 0 Å². The fraction of sp³-hybridized carbons (Fsp3) is 1.00. The maximum Gasteiger partial charge on any atom is 0.0580 e. The molecule has 1 N–H and O–H groups in total. The molecule has 3 unspecified atom stereocenters. The number of aliphatic hydroxyl groups is 1. The molecule has 0 radical (unpaired) electrons. The Labute approximate surface area is 106 Å². The summed E-state index contributed by atoms with van der Waals surface area (Å²) >= 11 is 0. The second-order valence-electron chi connectivity index (χ2n) is 6.27. The molecule has 2 heteroatoms. The lowest BCUT2D eigenvalue weighted by molar-refractivity contribution is 0.0232. The van der Waals surface area contributed by atoms with E-state index in [9.17, 15) is 5.11 Å². The van der Waals surface area contributed by atoms with Crippen LogP contribution >= 0.6 is 0 Å². The fourth-order valence-electron chi connectivity index (χ4n) is 3.79. The summed E-state index contributed by atoms with van der Waals surface area (Å²) < 4.78 is 0. The van der Waals surface area contributed by atoms with Crippen LogP contribution in [0.4, 0.5) is 0 Å². The van der Waals surface area contributed by atoms with Gasteiger partial charge in [-0.15, -0.1) is 0 Å². The molecule has 100 valence electrons. The van der Waals surface area contributed by atoms with Crippen molar-refractivity contribution < 1.29 is 5.11 Å². The number of rotatable bonds is 4. The van der Waals surface area contributed by atoms with Crippen molar-refractivity contribution in [1.82, 2.24) is 4.90 Å². The topological polar surface area (TPSA) is 23.5 Å². The van der Waals surface area contributed by atoms with Gasteiger partial charge in [-0.3, -0.25) is 0 Å². The Hall–Kier alpha value is -0.0800. The third kappa shape index (κ3) is 3.45. The zero-order valence-electron chi connectivity index (χ0n) is 11.6. The van der Waals surface area contributed by atoms with Gasteiger partial charge in [0.25, 0.3) is 0 Å². The molecular formula is C15H29NO. The summed E-state index contributed by atoms with van der Waals surface area (Å²) in [5.74, 6) is 1.34. The predicted molar refractivity (Wildman–Crippen MR) is 72.0 cm³/mol. The molecule has 2 saturated carbocycles. The molecule has 0 aromatic rings. The zero-order valence-corrected chi connectivity index (χ0v) is 11.6. The summed E-state index contributed by atoms with van der Waals surface area (Å²) in [4.78, 5) is 2.64. The van der Waals surface area contributed by atoms with Crippen LogP contribution in [0.1, 0.15) is 58.8 Å². The molecule has 0 amide bonds. The van der Waals surface area contributed by atoms with Crippen molar-refractivity contribution in [3.63, 3.8) is 0 Å². The first-order chi connectivity index (χ1) is 8.20. The molecule has 0 heterocycles. The largest absolute Gasteiger partial charge is 0.393 e. The molecule has 0 aliphatic heterocycles. The van der Waals surface area contributed by atoms with Crippen molar-refractivity contribution in [2.75, 3.05) is 13.1 Å². The van der Waals surface area contributed by atoms with Crippen molar-refractivity contribution in [2.24, 2.45) is 11.8 Å². The first-order valence-electron chi connectivity index (χ1n) is 7.62. The minimum atomic E-state index is -0.0401. The van der Waals surface area contributed by atoms with E-state index >= 15 is 0 Å². The van der Waals surface area contributed by atoms with Gasteiger partial charge in [0.2, 0.25) is 0 Å². The van der Waals surface area contributed by atoms with E-state index in [1.54, 1.807) is 0 Å². The summed E-state index contributed by atoms with van der Waals surface area (Å²) in [6, 6.07) is 0.810. The monoisotopic (exact) mass is 239 g/mol. The summed E-state index contributed by atoms with van der Waals surface area (Å²) in [6.45, 7) is 6.90. The van der Waals surface area contributed by atoms with Gasteiger partial charge in [-0.05, 0) is 50.5 Å². The lowest BCUT2D eigenvalue weighted by atomic mass is 9.80. The molecule has 2 aliphatic rings. The van der Waals surface area contributed by atoms with Crippen LogP contribution in [0.3, 0.4) is 0 Å². The molecule has 3 atom stereocenters. The van der Waals surface area contributed by atoms with Crippen LogP contribution < -0.4 is 0 Å². The molecule has 0 aromatic heterocycles. The van der Waals surface area contributed by atoms with Gasteiger partial charge in [-0.25, -0.2) is 0 Å². The zero-order chi connectivity index (χ0) is 12.3. The first-order valence-corrected chi connectivity index (χ1v) is 7.62. The van der Waals surface area contributed by atoms with Crippen molar-refractivity contribution in [3.8, 4) is 0 Å². The number of hydrogen-bond acceptors (Lipinski definition) is 2. The van der Waals surface area contributed by atoms with E-state index in [1.165, 1.54) is 38.5 Å². The molecule has 2 fully saturated rings. The molecular weight excluding hydrogens is 210 g/mol. The van der Waals surface area contributed by atoms with Crippen LogP contribution in [-0.2, 0) is 0 Å². The second kappa shape index (κ2) is 6.19. The minimum absolute atomic E-state index is 0.0401. The van der Waals surface area contributed by atoms with E-state index in [2.05, 4.69) is 18.7 Å². The van der Waals surface area contributed by atoms with Crippen LogP contribution in [0.25, 0.3) is 0 Å². The highest BCUT2D eigenvalue weighted by Gasteiger charge is 2.30. The van der Waals surface area contributed by atoms with Crippen molar-refractivity contribution >= 4 is 0 Å². The fourth-order valence-corrected chi connectivity index (χ4v) is 3.79. The molecule has 17 heavy (non-hydrogen) atoms. The molecule has 0 bridgehead atoms. The Morgan fingerprint density at radius 2 is 1.82 bits per heavy atom. The highest BCUT2D eigenvalue weighted by Crippen LogP contribution is 2.31. The van der Waals surface area contributed by atoms with Gasteiger partial charge in [0.15, 0.2) is 0 Å². The van der Waals surface area contributed by atoms with Gasteiger partial charge in [-0.1, -0.05) is 26.7 Å². The lowest BCUT2D eigenvalue weighted by Crippen LogP contribution is -2.42. The van der Waals surface area contributed by atoms with Gasteiger partial charge in [0.1, 0.15) is 0 Å². The van der Waals surface area contributed by atoms with Gasteiger partial charge in [0.05, 0.1) is 6.10 Å². The number of aliphatic hydroxyl groups excluding tert-OH is 1. The summed E-state index contributed by atoms with van der Waals surface area (Å²) in [5.41, 5.74) is 0. The average molecular weight is 239 g/mol. The molecule has 2 aliphatic carbocycles. The van der Waals surface area contributed by atoms with E-state index in [-0.39, 0.29) is 6.10 Å². The van der Waals surface area contributed by atoms with Crippen LogP contribution in [0.2, 0.25) is 0 Å². The maximum absolute atomic E-state index is 10.1. The molecule has 0 spiro atoms.